The third-order valence-corrected chi connectivity index (χ3v) is 3.89. The molecule has 1 fully saturated rings. The van der Waals surface area contributed by atoms with Crippen molar-refractivity contribution in [3.63, 3.8) is 0 Å². The summed E-state index contributed by atoms with van der Waals surface area (Å²) in [5.74, 6) is -0.314. The van der Waals surface area contributed by atoms with Crippen LogP contribution >= 0.6 is 0 Å². The van der Waals surface area contributed by atoms with Gasteiger partial charge in [-0.05, 0) is 48.6 Å². The number of hydrogen-bond donors (Lipinski definition) is 2. The minimum atomic E-state index is -0.638. The molecule has 1 heterocycles. The summed E-state index contributed by atoms with van der Waals surface area (Å²) in [6.45, 7) is 0. The summed E-state index contributed by atoms with van der Waals surface area (Å²) in [6.07, 6.45) is 2.25. The van der Waals surface area contributed by atoms with E-state index >= 15 is 0 Å². The van der Waals surface area contributed by atoms with E-state index < -0.39 is 5.91 Å². The normalized spacial score (nSPS) is 13.1. The molecular weight excluding hydrogens is 304 g/mol. The maximum Gasteiger partial charge on any atom is 0.267 e. The molecule has 3 N–H and O–H groups in total. The van der Waals surface area contributed by atoms with Crippen LogP contribution in [0.3, 0.4) is 0 Å². The van der Waals surface area contributed by atoms with Crippen molar-refractivity contribution in [2.75, 3.05) is 5.32 Å². The summed E-state index contributed by atoms with van der Waals surface area (Å²) in [7, 11) is 0. The molecule has 0 spiro atoms. The van der Waals surface area contributed by atoms with Gasteiger partial charge >= 0.3 is 0 Å². The van der Waals surface area contributed by atoms with Crippen LogP contribution in [0.1, 0.15) is 40.0 Å². The molecule has 1 aliphatic carbocycles. The molecule has 0 saturated heterocycles. The molecule has 0 radical (unpaired) electrons. The van der Waals surface area contributed by atoms with Crippen LogP contribution < -0.4 is 11.1 Å². The molecule has 0 atom stereocenters. The zero-order valence-corrected chi connectivity index (χ0v) is 13.0. The molecule has 1 aromatic heterocycles. The Bertz CT molecular complexity index is 833. The van der Waals surface area contributed by atoms with Gasteiger partial charge in [0.15, 0.2) is 0 Å². The monoisotopic (exact) mass is 320 g/mol. The quantitative estimate of drug-likeness (QED) is 0.878. The van der Waals surface area contributed by atoms with E-state index in [4.69, 9.17) is 11.0 Å². The molecule has 6 heteroatoms. The number of aromatic nitrogens is 1. The van der Waals surface area contributed by atoms with Gasteiger partial charge in [-0.1, -0.05) is 18.2 Å². The van der Waals surface area contributed by atoms with Crippen molar-refractivity contribution in [2.24, 2.45) is 11.7 Å². The summed E-state index contributed by atoms with van der Waals surface area (Å²) in [5.41, 5.74) is 7.76. The van der Waals surface area contributed by atoms with E-state index in [1.165, 1.54) is 0 Å². The Balaban J connectivity index is 1.82. The molecule has 0 bridgehead atoms. The topological polar surface area (TPSA) is 109 Å². The van der Waals surface area contributed by atoms with E-state index in [0.717, 1.165) is 18.4 Å². The maximum atomic E-state index is 11.8. The van der Waals surface area contributed by atoms with Gasteiger partial charge in [0.2, 0.25) is 5.91 Å². The Morgan fingerprint density at radius 1 is 1.21 bits per heavy atom. The van der Waals surface area contributed by atoms with Crippen LogP contribution in [-0.4, -0.2) is 16.8 Å². The number of nitrogens with zero attached hydrogens (tertiary/aromatic N) is 2. The first-order valence-electron chi connectivity index (χ1n) is 7.66. The second-order valence-electron chi connectivity index (χ2n) is 5.82. The lowest BCUT2D eigenvalue weighted by Gasteiger charge is -2.10. The second-order valence-corrected chi connectivity index (χ2v) is 5.82. The number of pyridine rings is 1. The lowest BCUT2D eigenvalue weighted by Crippen LogP contribution is -2.19. The van der Waals surface area contributed by atoms with Crippen LogP contribution in [0.15, 0.2) is 36.4 Å². The number of anilines is 1. The van der Waals surface area contributed by atoms with Gasteiger partial charge in [-0.3, -0.25) is 9.59 Å². The van der Waals surface area contributed by atoms with Gasteiger partial charge in [0.25, 0.3) is 5.91 Å². The number of nitrogens with one attached hydrogen (secondary N) is 1. The van der Waals surface area contributed by atoms with Crippen LogP contribution in [0, 0.1) is 17.2 Å². The number of amides is 2. The van der Waals surface area contributed by atoms with Crippen molar-refractivity contribution < 1.29 is 9.59 Å². The Morgan fingerprint density at radius 3 is 2.50 bits per heavy atom. The molecule has 0 unspecified atom stereocenters. The number of carbonyl (C=O) groups excluding carboxylic acids is 2. The van der Waals surface area contributed by atoms with Gasteiger partial charge in [0.1, 0.15) is 11.5 Å². The first-order valence-corrected chi connectivity index (χ1v) is 7.66. The molecule has 0 aliphatic heterocycles. The van der Waals surface area contributed by atoms with Gasteiger partial charge in [-0.15, -0.1) is 0 Å². The number of primary amides is 1. The predicted octanol–water partition coefficient (Wildman–Crippen LogP) is 1.99. The molecule has 1 aromatic carbocycles. The summed E-state index contributed by atoms with van der Waals surface area (Å²) >= 11 is 0. The number of nitrogens with two attached hydrogens (primary N) is 1. The zero-order chi connectivity index (χ0) is 17.1. The number of rotatable bonds is 5. The SMILES string of the molecule is N#Cc1ccc(Cc2ccc(NC(=O)C3CC3)nc2C(N)=O)cc1. The van der Waals surface area contributed by atoms with Crippen molar-refractivity contribution in [3.8, 4) is 6.07 Å². The summed E-state index contributed by atoms with van der Waals surface area (Å²) in [4.78, 5) is 27.7. The van der Waals surface area contributed by atoms with Crippen LogP contribution in [0.25, 0.3) is 0 Å². The Morgan fingerprint density at radius 2 is 1.92 bits per heavy atom. The highest BCUT2D eigenvalue weighted by Crippen LogP contribution is 2.30. The van der Waals surface area contributed by atoms with Crippen molar-refractivity contribution in [2.45, 2.75) is 19.3 Å². The molecule has 3 rings (SSSR count). The largest absolute Gasteiger partial charge is 0.364 e. The standard InChI is InChI=1S/C18H16N4O2/c19-10-12-3-1-11(2-4-12)9-14-7-8-15(21-16(14)17(20)23)22-18(24)13-5-6-13/h1-4,7-8,13H,5-6,9H2,(H2,20,23)(H,21,22,24). The molecule has 2 amide bonds. The van der Waals surface area contributed by atoms with Gasteiger partial charge < -0.3 is 11.1 Å². The average molecular weight is 320 g/mol. The van der Waals surface area contributed by atoms with Gasteiger partial charge in [0, 0.05) is 5.92 Å². The zero-order valence-electron chi connectivity index (χ0n) is 13.0. The van der Waals surface area contributed by atoms with Crippen LogP contribution in [0.2, 0.25) is 0 Å². The Labute approximate surface area is 139 Å². The predicted molar refractivity (Wildman–Crippen MR) is 88.1 cm³/mol. The van der Waals surface area contributed by atoms with Crippen LogP contribution in [-0.2, 0) is 11.2 Å². The third kappa shape index (κ3) is 3.58. The van der Waals surface area contributed by atoms with E-state index in [1.54, 1.807) is 24.3 Å². The molecule has 6 nitrogen and oxygen atoms in total. The average Bonchev–Trinajstić information content (AvgIpc) is 3.42. The number of benzene rings is 1. The smallest absolute Gasteiger partial charge is 0.267 e. The lowest BCUT2D eigenvalue weighted by molar-refractivity contribution is -0.117. The van der Waals surface area contributed by atoms with Crippen LogP contribution in [0.4, 0.5) is 5.82 Å². The highest BCUT2D eigenvalue weighted by Gasteiger charge is 2.30. The lowest BCUT2D eigenvalue weighted by atomic mass is 10.0. The van der Waals surface area contributed by atoms with Gasteiger partial charge in [-0.2, -0.15) is 5.26 Å². The van der Waals surface area contributed by atoms with E-state index in [9.17, 15) is 9.59 Å². The van der Waals surface area contributed by atoms with E-state index in [2.05, 4.69) is 16.4 Å². The fraction of sp³-hybridized carbons (Fsp3) is 0.222. The van der Waals surface area contributed by atoms with E-state index in [1.807, 2.05) is 12.1 Å². The van der Waals surface area contributed by atoms with Gasteiger partial charge in [-0.25, -0.2) is 4.98 Å². The molecule has 120 valence electrons. The van der Waals surface area contributed by atoms with Gasteiger partial charge in [0.05, 0.1) is 11.6 Å². The molecule has 1 aliphatic rings. The van der Waals surface area contributed by atoms with E-state index in [-0.39, 0.29) is 17.5 Å². The van der Waals surface area contributed by atoms with E-state index in [0.29, 0.717) is 23.4 Å². The minimum absolute atomic E-state index is 0.0575. The van der Waals surface area contributed by atoms with Crippen molar-refractivity contribution in [1.29, 1.82) is 5.26 Å². The summed E-state index contributed by atoms with van der Waals surface area (Å²) in [5, 5.41) is 11.5. The van der Waals surface area contributed by atoms with Crippen molar-refractivity contribution >= 4 is 17.6 Å². The highest BCUT2D eigenvalue weighted by atomic mass is 16.2. The Hall–Kier alpha value is -3.20. The summed E-state index contributed by atoms with van der Waals surface area (Å²) in [6, 6.07) is 12.6. The fourth-order valence-electron chi connectivity index (χ4n) is 2.40. The maximum absolute atomic E-state index is 11.8. The Kier molecular flexibility index (Phi) is 4.25. The first-order chi connectivity index (χ1) is 11.6. The third-order valence-electron chi connectivity index (χ3n) is 3.89. The minimum Gasteiger partial charge on any atom is -0.364 e. The molecule has 2 aromatic rings. The fourth-order valence-corrected chi connectivity index (χ4v) is 2.40. The van der Waals surface area contributed by atoms with Crippen molar-refractivity contribution in [3.05, 3.63) is 58.8 Å². The summed E-state index contributed by atoms with van der Waals surface area (Å²) < 4.78 is 0. The number of nitriles is 1. The second kappa shape index (κ2) is 6.50. The highest BCUT2D eigenvalue weighted by molar-refractivity contribution is 5.95. The molecule has 24 heavy (non-hydrogen) atoms. The number of hydrogen-bond acceptors (Lipinski definition) is 4. The van der Waals surface area contributed by atoms with Crippen molar-refractivity contribution in [1.82, 2.24) is 4.98 Å². The first kappa shape index (κ1) is 15.7. The number of carbonyl (C=O) groups is 2. The molecular formula is C18H16N4O2. The molecule has 1 saturated carbocycles. The van der Waals surface area contributed by atoms with Crippen LogP contribution in [0.5, 0.6) is 0 Å².